The van der Waals surface area contributed by atoms with Gasteiger partial charge in [0.15, 0.2) is 0 Å². The summed E-state index contributed by atoms with van der Waals surface area (Å²) in [6.07, 6.45) is 14.7. The van der Waals surface area contributed by atoms with E-state index in [-0.39, 0.29) is 11.5 Å². The van der Waals surface area contributed by atoms with Crippen molar-refractivity contribution < 1.29 is 5.11 Å². The number of fused-ring (bicyclic) bond motifs is 5. The molecule has 1 nitrogen and oxygen atoms in total. The molecule has 0 heterocycles. The molecule has 0 radical (unpaired) electrons. The molecule has 6 unspecified atom stereocenters. The first-order valence-electron chi connectivity index (χ1n) is 8.60. The molecule has 0 amide bonds. The smallest absolute Gasteiger partial charge is 0.0582 e. The van der Waals surface area contributed by atoms with E-state index in [1.165, 1.54) is 25.7 Å². The number of aliphatic hydroxyl groups excluding tert-OH is 1. The van der Waals surface area contributed by atoms with Crippen molar-refractivity contribution >= 4 is 0 Å². The fourth-order valence-electron chi connectivity index (χ4n) is 6.27. The predicted molar refractivity (Wildman–Crippen MR) is 82.2 cm³/mol. The van der Waals surface area contributed by atoms with E-state index in [0.717, 1.165) is 42.4 Å². The Balaban J connectivity index is 1.67. The lowest BCUT2D eigenvalue weighted by molar-refractivity contribution is -0.0187. The molecule has 0 aromatic heterocycles. The van der Waals surface area contributed by atoms with Crippen molar-refractivity contribution in [3.8, 4) is 0 Å². The molecular formula is C19H28O. The minimum absolute atomic E-state index is 0.103. The van der Waals surface area contributed by atoms with Gasteiger partial charge < -0.3 is 5.11 Å². The first-order valence-corrected chi connectivity index (χ1v) is 8.60. The minimum atomic E-state index is -0.103. The summed E-state index contributed by atoms with van der Waals surface area (Å²) < 4.78 is 0. The van der Waals surface area contributed by atoms with Crippen LogP contribution in [0, 0.1) is 35.0 Å². The van der Waals surface area contributed by atoms with E-state index in [2.05, 4.69) is 32.1 Å². The molecule has 20 heavy (non-hydrogen) atoms. The van der Waals surface area contributed by atoms with E-state index in [1.807, 2.05) is 0 Å². The SMILES string of the molecule is CC1(C)CC(O)CC2=CCC3C4CC=CC4CCC3C21. The molecule has 0 spiro atoms. The van der Waals surface area contributed by atoms with Crippen LogP contribution in [-0.2, 0) is 0 Å². The molecule has 4 rings (SSSR count). The Morgan fingerprint density at radius 1 is 1.10 bits per heavy atom. The van der Waals surface area contributed by atoms with Crippen LogP contribution in [0.25, 0.3) is 0 Å². The van der Waals surface area contributed by atoms with Crippen molar-refractivity contribution in [2.24, 2.45) is 35.0 Å². The molecule has 4 aliphatic rings. The fourth-order valence-corrected chi connectivity index (χ4v) is 6.27. The summed E-state index contributed by atoms with van der Waals surface area (Å²) >= 11 is 0. The largest absolute Gasteiger partial charge is 0.393 e. The summed E-state index contributed by atoms with van der Waals surface area (Å²) in [7, 11) is 0. The van der Waals surface area contributed by atoms with Crippen molar-refractivity contribution in [1.29, 1.82) is 0 Å². The number of allylic oxidation sites excluding steroid dienone is 3. The minimum Gasteiger partial charge on any atom is -0.393 e. The van der Waals surface area contributed by atoms with Gasteiger partial charge in [0, 0.05) is 0 Å². The molecule has 0 aromatic rings. The van der Waals surface area contributed by atoms with Crippen molar-refractivity contribution in [1.82, 2.24) is 0 Å². The van der Waals surface area contributed by atoms with Crippen LogP contribution in [0.5, 0.6) is 0 Å². The maximum Gasteiger partial charge on any atom is 0.0582 e. The standard InChI is InChI=1S/C19H28O/c1-19(2)11-14(20)10-13-7-8-16-15-5-3-4-12(15)6-9-17(16)18(13)19/h3-4,7,12,14-18,20H,5-6,8-11H2,1-2H3. The monoisotopic (exact) mass is 272 g/mol. The molecule has 1 heteroatoms. The molecule has 2 saturated carbocycles. The van der Waals surface area contributed by atoms with E-state index < -0.39 is 0 Å². The van der Waals surface area contributed by atoms with E-state index in [9.17, 15) is 5.11 Å². The number of hydrogen-bond acceptors (Lipinski definition) is 1. The second-order valence-electron chi connectivity index (χ2n) is 8.44. The Hall–Kier alpha value is -0.560. The summed E-state index contributed by atoms with van der Waals surface area (Å²) in [5, 5.41) is 10.2. The van der Waals surface area contributed by atoms with Crippen molar-refractivity contribution in [3.05, 3.63) is 23.8 Å². The molecule has 0 bridgehead atoms. The lowest BCUT2D eigenvalue weighted by atomic mass is 9.51. The van der Waals surface area contributed by atoms with E-state index in [0.29, 0.717) is 0 Å². The van der Waals surface area contributed by atoms with Gasteiger partial charge in [0.2, 0.25) is 0 Å². The van der Waals surface area contributed by atoms with Gasteiger partial charge >= 0.3 is 0 Å². The van der Waals surface area contributed by atoms with Crippen LogP contribution in [0.1, 0.15) is 52.4 Å². The van der Waals surface area contributed by atoms with Gasteiger partial charge in [-0.2, -0.15) is 0 Å². The van der Waals surface area contributed by atoms with E-state index >= 15 is 0 Å². The first-order chi connectivity index (χ1) is 9.56. The number of hydrogen-bond donors (Lipinski definition) is 1. The third-order valence-electron chi connectivity index (χ3n) is 6.83. The summed E-state index contributed by atoms with van der Waals surface area (Å²) in [6.45, 7) is 4.80. The van der Waals surface area contributed by atoms with Crippen molar-refractivity contribution in [2.45, 2.75) is 58.5 Å². The number of aliphatic hydroxyl groups is 1. The molecule has 0 aromatic carbocycles. The Kier molecular flexibility index (Phi) is 2.93. The maximum absolute atomic E-state index is 10.2. The quantitative estimate of drug-likeness (QED) is 0.651. The van der Waals surface area contributed by atoms with Gasteiger partial charge in [0.05, 0.1) is 6.10 Å². The highest BCUT2D eigenvalue weighted by atomic mass is 16.3. The van der Waals surface area contributed by atoms with Crippen LogP contribution < -0.4 is 0 Å². The van der Waals surface area contributed by atoms with Crippen LogP contribution in [0.2, 0.25) is 0 Å². The molecule has 0 saturated heterocycles. The first kappa shape index (κ1) is 13.1. The maximum atomic E-state index is 10.2. The topological polar surface area (TPSA) is 20.2 Å². The third-order valence-corrected chi connectivity index (χ3v) is 6.83. The van der Waals surface area contributed by atoms with Crippen LogP contribution in [0.3, 0.4) is 0 Å². The summed E-state index contributed by atoms with van der Waals surface area (Å²) in [6, 6.07) is 0. The molecular weight excluding hydrogens is 244 g/mol. The normalized spacial score (nSPS) is 49.0. The second kappa shape index (κ2) is 4.47. The van der Waals surface area contributed by atoms with Gasteiger partial charge in [-0.3, -0.25) is 0 Å². The molecule has 6 atom stereocenters. The molecule has 1 N–H and O–H groups in total. The summed E-state index contributed by atoms with van der Waals surface area (Å²) in [4.78, 5) is 0. The summed E-state index contributed by atoms with van der Waals surface area (Å²) in [5.74, 6) is 4.34. The van der Waals surface area contributed by atoms with E-state index in [4.69, 9.17) is 0 Å². The van der Waals surface area contributed by atoms with Gasteiger partial charge in [0.25, 0.3) is 0 Å². The highest BCUT2D eigenvalue weighted by Gasteiger charge is 2.51. The zero-order valence-electron chi connectivity index (χ0n) is 12.9. The average molecular weight is 272 g/mol. The van der Waals surface area contributed by atoms with Gasteiger partial charge in [-0.15, -0.1) is 0 Å². The van der Waals surface area contributed by atoms with Gasteiger partial charge in [-0.25, -0.2) is 0 Å². The molecule has 0 aliphatic heterocycles. The zero-order valence-corrected chi connectivity index (χ0v) is 12.9. The molecule has 4 aliphatic carbocycles. The summed E-state index contributed by atoms with van der Waals surface area (Å²) in [5.41, 5.74) is 1.88. The Morgan fingerprint density at radius 3 is 2.80 bits per heavy atom. The second-order valence-corrected chi connectivity index (χ2v) is 8.44. The number of rotatable bonds is 0. The average Bonchev–Trinajstić information content (AvgIpc) is 2.84. The van der Waals surface area contributed by atoms with Crippen LogP contribution in [-0.4, -0.2) is 11.2 Å². The lowest BCUT2D eigenvalue weighted by Crippen LogP contribution is -2.47. The molecule has 2 fully saturated rings. The Bertz CT molecular complexity index is 458. The highest BCUT2D eigenvalue weighted by molar-refractivity contribution is 5.23. The zero-order chi connectivity index (χ0) is 13.9. The van der Waals surface area contributed by atoms with E-state index in [1.54, 1.807) is 5.57 Å². The predicted octanol–water partition coefficient (Wildman–Crippen LogP) is 4.33. The lowest BCUT2D eigenvalue weighted by Gasteiger charge is -2.54. The Labute approximate surface area is 123 Å². The van der Waals surface area contributed by atoms with Crippen LogP contribution in [0.15, 0.2) is 23.8 Å². The van der Waals surface area contributed by atoms with Gasteiger partial charge in [-0.05, 0) is 73.5 Å². The fraction of sp³-hybridized carbons (Fsp3) is 0.789. The van der Waals surface area contributed by atoms with Gasteiger partial charge in [0.1, 0.15) is 0 Å². The van der Waals surface area contributed by atoms with Crippen molar-refractivity contribution in [3.63, 3.8) is 0 Å². The third kappa shape index (κ3) is 1.85. The van der Waals surface area contributed by atoms with Crippen LogP contribution >= 0.6 is 0 Å². The Morgan fingerprint density at radius 2 is 1.95 bits per heavy atom. The van der Waals surface area contributed by atoms with Crippen molar-refractivity contribution in [2.75, 3.05) is 0 Å². The highest BCUT2D eigenvalue weighted by Crippen LogP contribution is 2.59. The molecule has 110 valence electrons. The van der Waals surface area contributed by atoms with Gasteiger partial charge in [-0.1, -0.05) is 37.6 Å². The van der Waals surface area contributed by atoms with Crippen LogP contribution in [0.4, 0.5) is 0 Å².